The first kappa shape index (κ1) is 23.9. The molecule has 1 saturated heterocycles. The van der Waals surface area contributed by atoms with Crippen molar-refractivity contribution < 1.29 is 18.6 Å². The number of benzene rings is 2. The number of anilines is 1. The fraction of sp³-hybridized carbons (Fsp3) is 0.346. The second kappa shape index (κ2) is 10.4. The normalized spacial score (nSPS) is 15.5. The third-order valence-corrected chi connectivity index (χ3v) is 6.35. The van der Waals surface area contributed by atoms with Crippen LogP contribution >= 0.6 is 0 Å². The summed E-state index contributed by atoms with van der Waals surface area (Å²) in [5.74, 6) is -0.824. The van der Waals surface area contributed by atoms with Crippen LogP contribution in [0.1, 0.15) is 22.9 Å². The number of halogens is 2. The number of aryl methyl sites for hydroxylation is 1. The monoisotopic (exact) mass is 469 g/mol. The number of pyridine rings is 1. The van der Waals surface area contributed by atoms with E-state index in [9.17, 15) is 18.7 Å². The van der Waals surface area contributed by atoms with Gasteiger partial charge < -0.3 is 19.3 Å². The number of hydrogen-bond donors (Lipinski definition) is 1. The number of nitrogens with zero attached hydrogens (tertiary/aromatic N) is 3. The molecule has 0 aliphatic carbocycles. The van der Waals surface area contributed by atoms with Crippen molar-refractivity contribution in [1.29, 1.82) is 0 Å². The van der Waals surface area contributed by atoms with E-state index in [0.29, 0.717) is 56.3 Å². The van der Waals surface area contributed by atoms with Crippen LogP contribution in [0.15, 0.2) is 59.4 Å². The molecule has 2 aromatic carbocycles. The van der Waals surface area contributed by atoms with E-state index < -0.39 is 11.9 Å². The van der Waals surface area contributed by atoms with Gasteiger partial charge >= 0.3 is 0 Å². The summed E-state index contributed by atoms with van der Waals surface area (Å²) in [5, 5.41) is 10.9. The zero-order valence-corrected chi connectivity index (χ0v) is 19.4. The molecule has 1 aliphatic rings. The van der Waals surface area contributed by atoms with Crippen LogP contribution in [0.5, 0.6) is 5.75 Å². The van der Waals surface area contributed by atoms with E-state index in [4.69, 9.17) is 4.74 Å². The number of piperazine rings is 1. The minimum absolute atomic E-state index is 0.123. The molecule has 0 radical (unpaired) electrons. The van der Waals surface area contributed by atoms with Crippen molar-refractivity contribution >= 4 is 5.69 Å². The summed E-state index contributed by atoms with van der Waals surface area (Å²) >= 11 is 0. The molecule has 6 nitrogen and oxygen atoms in total. The maximum atomic E-state index is 14.3. The number of rotatable bonds is 7. The number of hydrogen-bond acceptors (Lipinski definition) is 5. The van der Waals surface area contributed by atoms with E-state index in [2.05, 4.69) is 0 Å². The highest BCUT2D eigenvalue weighted by Gasteiger charge is 2.32. The fourth-order valence-corrected chi connectivity index (χ4v) is 4.65. The van der Waals surface area contributed by atoms with Crippen molar-refractivity contribution in [2.75, 3.05) is 44.8 Å². The molecule has 0 unspecified atom stereocenters. The fourth-order valence-electron chi connectivity index (χ4n) is 4.65. The molecule has 1 fully saturated rings. The molecule has 1 aromatic heterocycles. The van der Waals surface area contributed by atoms with E-state index >= 15 is 0 Å². The largest absolute Gasteiger partial charge is 0.507 e. The van der Waals surface area contributed by atoms with Crippen LogP contribution in [0.2, 0.25) is 0 Å². The van der Waals surface area contributed by atoms with Crippen molar-refractivity contribution in [3.8, 4) is 5.75 Å². The highest BCUT2D eigenvalue weighted by molar-refractivity contribution is 5.48. The zero-order valence-electron chi connectivity index (χ0n) is 19.4. The Morgan fingerprint density at radius 3 is 2.44 bits per heavy atom. The average molecular weight is 470 g/mol. The lowest BCUT2D eigenvalue weighted by molar-refractivity contribution is 0.183. The van der Waals surface area contributed by atoms with Gasteiger partial charge in [0.1, 0.15) is 17.4 Å². The third-order valence-electron chi connectivity index (χ3n) is 6.35. The Hall–Kier alpha value is -3.23. The molecule has 8 heteroatoms. The summed E-state index contributed by atoms with van der Waals surface area (Å²) in [4.78, 5) is 17.6. The van der Waals surface area contributed by atoms with Crippen LogP contribution in [0, 0.1) is 18.6 Å². The second-order valence-electron chi connectivity index (χ2n) is 8.47. The second-order valence-corrected chi connectivity index (χ2v) is 8.47. The predicted molar refractivity (Wildman–Crippen MR) is 127 cm³/mol. The molecule has 34 heavy (non-hydrogen) atoms. The summed E-state index contributed by atoms with van der Waals surface area (Å²) < 4.78 is 35.2. The van der Waals surface area contributed by atoms with Crippen molar-refractivity contribution in [1.82, 2.24) is 9.47 Å². The van der Waals surface area contributed by atoms with Gasteiger partial charge in [-0.1, -0.05) is 24.3 Å². The van der Waals surface area contributed by atoms with Gasteiger partial charge in [0.2, 0.25) is 0 Å². The molecule has 4 rings (SSSR count). The van der Waals surface area contributed by atoms with Gasteiger partial charge in [0.05, 0.1) is 23.9 Å². The van der Waals surface area contributed by atoms with Crippen LogP contribution in [-0.4, -0.2) is 54.5 Å². The van der Waals surface area contributed by atoms with Gasteiger partial charge in [-0.05, 0) is 42.8 Å². The molecule has 3 aromatic rings. The molecule has 1 N–H and O–H groups in total. The van der Waals surface area contributed by atoms with E-state index in [0.717, 1.165) is 0 Å². The Kier molecular flexibility index (Phi) is 7.29. The van der Waals surface area contributed by atoms with Gasteiger partial charge in [-0.3, -0.25) is 9.69 Å². The van der Waals surface area contributed by atoms with Crippen LogP contribution in [0.25, 0.3) is 0 Å². The van der Waals surface area contributed by atoms with Crippen LogP contribution in [0.4, 0.5) is 14.5 Å². The van der Waals surface area contributed by atoms with Crippen molar-refractivity contribution in [2.45, 2.75) is 19.5 Å². The van der Waals surface area contributed by atoms with Crippen molar-refractivity contribution in [3.05, 3.63) is 93.4 Å². The van der Waals surface area contributed by atoms with Crippen molar-refractivity contribution in [2.24, 2.45) is 0 Å². The molecular formula is C26H29F2N3O3. The van der Waals surface area contributed by atoms with E-state index in [1.165, 1.54) is 18.2 Å². The average Bonchev–Trinajstić information content (AvgIpc) is 2.82. The first-order valence-corrected chi connectivity index (χ1v) is 11.3. The standard InChI is InChI=1S/C26H29F2N3O3/c1-18-16-23(32)24(26(33)31(18)14-15-34-2)25(19-6-5-7-20(27)17-19)30-12-10-29(11-13-30)22-9-4-3-8-21(22)28/h3-9,16-17,25,32H,10-15H2,1-2H3/t25-/m0/s1. The molecular weight excluding hydrogens is 440 g/mol. The van der Waals surface area contributed by atoms with Gasteiger partial charge in [0.25, 0.3) is 5.56 Å². The Balaban J connectivity index is 1.73. The molecule has 2 heterocycles. The van der Waals surface area contributed by atoms with Gasteiger partial charge in [-0.15, -0.1) is 0 Å². The summed E-state index contributed by atoms with van der Waals surface area (Å²) in [7, 11) is 1.56. The Morgan fingerprint density at radius 1 is 1.03 bits per heavy atom. The lowest BCUT2D eigenvalue weighted by Crippen LogP contribution is -2.49. The Labute approximate surface area is 197 Å². The van der Waals surface area contributed by atoms with E-state index in [1.54, 1.807) is 55.0 Å². The van der Waals surface area contributed by atoms with Crippen LogP contribution < -0.4 is 10.5 Å². The number of ether oxygens (including phenoxy) is 1. The Morgan fingerprint density at radius 2 is 1.76 bits per heavy atom. The highest BCUT2D eigenvalue weighted by atomic mass is 19.1. The van der Waals surface area contributed by atoms with Crippen LogP contribution in [0.3, 0.4) is 0 Å². The third kappa shape index (κ3) is 4.83. The number of aromatic nitrogens is 1. The molecule has 0 amide bonds. The lowest BCUT2D eigenvalue weighted by Gasteiger charge is -2.40. The number of para-hydroxylation sites is 1. The zero-order chi connectivity index (χ0) is 24.2. The van der Waals surface area contributed by atoms with Gasteiger partial charge in [0, 0.05) is 45.5 Å². The Bertz CT molecular complexity index is 1210. The maximum absolute atomic E-state index is 14.3. The van der Waals surface area contributed by atoms with E-state index in [1.807, 2.05) is 9.80 Å². The first-order valence-electron chi connectivity index (χ1n) is 11.3. The minimum Gasteiger partial charge on any atom is -0.507 e. The first-order chi connectivity index (χ1) is 16.4. The van der Waals surface area contributed by atoms with Gasteiger partial charge in [-0.2, -0.15) is 0 Å². The summed E-state index contributed by atoms with van der Waals surface area (Å²) in [6.45, 7) is 4.49. The van der Waals surface area contributed by atoms with Gasteiger partial charge in [-0.25, -0.2) is 8.78 Å². The maximum Gasteiger partial charge on any atom is 0.259 e. The molecule has 180 valence electrons. The molecule has 1 atom stereocenters. The SMILES string of the molecule is COCCn1c(C)cc(O)c([C@H](c2cccc(F)c2)N2CCN(c3ccccc3F)CC2)c1=O. The molecule has 0 bridgehead atoms. The highest BCUT2D eigenvalue weighted by Crippen LogP contribution is 2.34. The summed E-state index contributed by atoms with van der Waals surface area (Å²) in [6.07, 6.45) is 0. The number of methoxy groups -OCH3 is 1. The summed E-state index contributed by atoms with van der Waals surface area (Å²) in [5.41, 5.74) is 1.59. The van der Waals surface area contributed by atoms with Crippen molar-refractivity contribution in [3.63, 3.8) is 0 Å². The predicted octanol–water partition coefficient (Wildman–Crippen LogP) is 3.70. The topological polar surface area (TPSA) is 57.9 Å². The quantitative estimate of drug-likeness (QED) is 0.572. The smallest absolute Gasteiger partial charge is 0.259 e. The van der Waals surface area contributed by atoms with E-state index in [-0.39, 0.29) is 22.7 Å². The number of aromatic hydroxyl groups is 1. The molecule has 0 saturated carbocycles. The minimum atomic E-state index is -0.652. The summed E-state index contributed by atoms with van der Waals surface area (Å²) in [6, 6.07) is 13.6. The van der Waals surface area contributed by atoms with Gasteiger partial charge in [0.15, 0.2) is 0 Å². The van der Waals surface area contributed by atoms with Crippen LogP contribution in [-0.2, 0) is 11.3 Å². The lowest BCUT2D eigenvalue weighted by atomic mass is 9.95. The molecule has 1 aliphatic heterocycles. The molecule has 0 spiro atoms.